The molecular formula is C17H11ClN2OS3. The van der Waals surface area contributed by atoms with Crippen molar-refractivity contribution in [2.45, 2.75) is 6.92 Å². The fourth-order valence-electron chi connectivity index (χ4n) is 2.40. The van der Waals surface area contributed by atoms with Crippen LogP contribution in [0.3, 0.4) is 0 Å². The molecule has 3 nitrogen and oxygen atoms in total. The summed E-state index contributed by atoms with van der Waals surface area (Å²) < 4.78 is 0. The monoisotopic (exact) mass is 390 g/mol. The molecular weight excluding hydrogens is 380 g/mol. The smallest absolute Gasteiger partial charge is 0.260 e. The Kier molecular flexibility index (Phi) is 4.14. The molecule has 0 bridgehead atoms. The minimum atomic E-state index is -0.159. The SMILES string of the molecule is Cc1ccc(/C=C(\Cl)c2nc3scc(-c4cccs4)c3c(=O)[nH]2)s1. The van der Waals surface area contributed by atoms with Crippen LogP contribution < -0.4 is 5.56 Å². The van der Waals surface area contributed by atoms with Crippen LogP contribution in [0.5, 0.6) is 0 Å². The van der Waals surface area contributed by atoms with Crippen LogP contribution in [0.25, 0.3) is 31.8 Å². The van der Waals surface area contributed by atoms with E-state index in [4.69, 9.17) is 11.6 Å². The Morgan fingerprint density at radius 2 is 2.17 bits per heavy atom. The number of aromatic amines is 1. The van der Waals surface area contributed by atoms with Crippen LogP contribution in [0.4, 0.5) is 0 Å². The van der Waals surface area contributed by atoms with Gasteiger partial charge in [-0.25, -0.2) is 4.98 Å². The normalized spacial score (nSPS) is 12.2. The maximum absolute atomic E-state index is 12.6. The number of aromatic nitrogens is 2. The Hall–Kier alpha value is -1.73. The first-order chi connectivity index (χ1) is 11.6. The van der Waals surface area contributed by atoms with E-state index >= 15 is 0 Å². The van der Waals surface area contributed by atoms with Crippen molar-refractivity contribution in [3.8, 4) is 10.4 Å². The molecule has 0 spiro atoms. The highest BCUT2D eigenvalue weighted by Crippen LogP contribution is 2.34. The van der Waals surface area contributed by atoms with Gasteiger partial charge in [0.2, 0.25) is 0 Å². The third kappa shape index (κ3) is 2.86. The van der Waals surface area contributed by atoms with Crippen LogP contribution in [-0.2, 0) is 0 Å². The fraction of sp³-hybridized carbons (Fsp3) is 0.0588. The van der Waals surface area contributed by atoms with Gasteiger partial charge in [0.1, 0.15) is 4.83 Å². The van der Waals surface area contributed by atoms with E-state index in [1.165, 1.54) is 16.2 Å². The molecule has 1 N–H and O–H groups in total. The highest BCUT2D eigenvalue weighted by atomic mass is 35.5. The number of H-pyrrole nitrogens is 1. The van der Waals surface area contributed by atoms with Gasteiger partial charge in [0.25, 0.3) is 5.56 Å². The maximum atomic E-state index is 12.6. The van der Waals surface area contributed by atoms with Gasteiger partial charge in [0, 0.05) is 25.6 Å². The predicted molar refractivity (Wildman–Crippen MR) is 106 cm³/mol. The lowest BCUT2D eigenvalue weighted by Gasteiger charge is -2.00. The number of halogens is 1. The number of hydrogen-bond acceptors (Lipinski definition) is 5. The highest BCUT2D eigenvalue weighted by molar-refractivity contribution is 7.18. The molecule has 0 fully saturated rings. The number of thiophene rings is 3. The predicted octanol–water partition coefficient (Wildman–Crippen LogP) is 5.82. The topological polar surface area (TPSA) is 45.8 Å². The van der Waals surface area contributed by atoms with Crippen LogP contribution in [-0.4, -0.2) is 9.97 Å². The number of fused-ring (bicyclic) bond motifs is 1. The summed E-state index contributed by atoms with van der Waals surface area (Å²) in [5, 5.41) is 5.03. The summed E-state index contributed by atoms with van der Waals surface area (Å²) >= 11 is 11.1. The quantitative estimate of drug-likeness (QED) is 0.479. The van der Waals surface area contributed by atoms with Crippen molar-refractivity contribution in [1.82, 2.24) is 9.97 Å². The minimum absolute atomic E-state index is 0.159. The zero-order valence-corrected chi connectivity index (χ0v) is 15.7. The second-order valence-electron chi connectivity index (χ2n) is 5.16. The largest absolute Gasteiger partial charge is 0.305 e. The van der Waals surface area contributed by atoms with Crippen LogP contribution in [0.1, 0.15) is 15.6 Å². The van der Waals surface area contributed by atoms with Crippen LogP contribution in [0, 0.1) is 6.92 Å². The lowest BCUT2D eigenvalue weighted by atomic mass is 10.2. The van der Waals surface area contributed by atoms with Crippen LogP contribution >= 0.6 is 45.6 Å². The van der Waals surface area contributed by atoms with E-state index in [1.807, 2.05) is 48.0 Å². The van der Waals surface area contributed by atoms with E-state index in [-0.39, 0.29) is 5.56 Å². The molecule has 4 aromatic heterocycles. The maximum Gasteiger partial charge on any atom is 0.260 e. The molecule has 0 aliphatic heterocycles. The van der Waals surface area contributed by atoms with Gasteiger partial charge in [-0.1, -0.05) is 17.7 Å². The first kappa shape index (κ1) is 15.8. The van der Waals surface area contributed by atoms with E-state index in [2.05, 4.69) is 9.97 Å². The Morgan fingerprint density at radius 3 is 2.88 bits per heavy atom. The molecule has 0 saturated carbocycles. The van der Waals surface area contributed by atoms with Gasteiger partial charge >= 0.3 is 0 Å². The van der Waals surface area contributed by atoms with Gasteiger partial charge in [0.05, 0.1) is 10.4 Å². The van der Waals surface area contributed by atoms with Crippen LogP contribution in [0.2, 0.25) is 0 Å². The number of hydrogen-bond donors (Lipinski definition) is 1. The molecule has 24 heavy (non-hydrogen) atoms. The van der Waals surface area contributed by atoms with E-state index in [1.54, 1.807) is 22.7 Å². The summed E-state index contributed by atoms with van der Waals surface area (Å²) in [6, 6.07) is 8.01. The summed E-state index contributed by atoms with van der Waals surface area (Å²) in [4.78, 5) is 23.9. The lowest BCUT2D eigenvalue weighted by Crippen LogP contribution is -2.09. The van der Waals surface area contributed by atoms with E-state index in [0.29, 0.717) is 21.1 Å². The molecule has 0 amide bonds. The van der Waals surface area contributed by atoms with Gasteiger partial charge in [-0.15, -0.1) is 34.0 Å². The second-order valence-corrected chi connectivity index (χ2v) is 8.69. The first-order valence-electron chi connectivity index (χ1n) is 7.11. The minimum Gasteiger partial charge on any atom is -0.305 e. The lowest BCUT2D eigenvalue weighted by molar-refractivity contribution is 1.14. The Bertz CT molecular complexity index is 1100. The molecule has 0 aliphatic rings. The number of nitrogens with zero attached hydrogens (tertiary/aromatic N) is 1. The summed E-state index contributed by atoms with van der Waals surface area (Å²) in [6.07, 6.45) is 1.83. The standard InChI is InChI=1S/C17H11ClN2OS3/c1-9-4-5-10(24-9)7-12(18)15-19-16(21)14-11(8-23-17(14)20-15)13-3-2-6-22-13/h2-8H,1H3,(H,19,20,21)/b12-7-. The Labute approximate surface area is 154 Å². The average Bonchev–Trinajstić information content (AvgIpc) is 3.27. The first-order valence-corrected chi connectivity index (χ1v) is 10.1. The van der Waals surface area contributed by atoms with Gasteiger partial charge < -0.3 is 4.98 Å². The van der Waals surface area contributed by atoms with Crippen LogP contribution in [0.15, 0.2) is 39.8 Å². The second kappa shape index (κ2) is 6.29. The van der Waals surface area contributed by atoms with Gasteiger partial charge in [-0.05, 0) is 36.6 Å². The summed E-state index contributed by atoms with van der Waals surface area (Å²) in [7, 11) is 0. The van der Waals surface area contributed by atoms with Crippen molar-refractivity contribution in [2.24, 2.45) is 0 Å². The zero-order valence-electron chi connectivity index (χ0n) is 12.5. The molecule has 7 heteroatoms. The van der Waals surface area contributed by atoms with Crippen molar-refractivity contribution < 1.29 is 0 Å². The van der Waals surface area contributed by atoms with Crippen molar-refractivity contribution in [3.05, 3.63) is 61.0 Å². The molecule has 4 heterocycles. The average molecular weight is 391 g/mol. The highest BCUT2D eigenvalue weighted by Gasteiger charge is 2.14. The van der Waals surface area contributed by atoms with Gasteiger partial charge in [0.15, 0.2) is 5.82 Å². The van der Waals surface area contributed by atoms with Gasteiger partial charge in [-0.2, -0.15) is 0 Å². The summed E-state index contributed by atoms with van der Waals surface area (Å²) in [5.74, 6) is 0.403. The Morgan fingerprint density at radius 1 is 1.29 bits per heavy atom. The summed E-state index contributed by atoms with van der Waals surface area (Å²) in [6.45, 7) is 2.04. The molecule has 4 rings (SSSR count). The molecule has 0 aromatic carbocycles. The third-order valence-corrected chi connectivity index (χ3v) is 6.50. The Balaban J connectivity index is 1.82. The molecule has 0 atom stereocenters. The third-order valence-electron chi connectivity index (χ3n) is 3.49. The molecule has 0 aliphatic carbocycles. The van der Waals surface area contributed by atoms with Crippen molar-refractivity contribution in [2.75, 3.05) is 0 Å². The van der Waals surface area contributed by atoms with E-state index in [9.17, 15) is 4.79 Å². The molecule has 120 valence electrons. The number of aryl methyl sites for hydroxylation is 1. The van der Waals surface area contributed by atoms with Crippen molar-refractivity contribution in [1.29, 1.82) is 0 Å². The van der Waals surface area contributed by atoms with E-state index in [0.717, 1.165) is 15.3 Å². The van der Waals surface area contributed by atoms with E-state index < -0.39 is 0 Å². The number of rotatable bonds is 3. The van der Waals surface area contributed by atoms with Gasteiger partial charge in [-0.3, -0.25) is 4.79 Å². The number of nitrogens with one attached hydrogen (secondary N) is 1. The fourth-order valence-corrected chi connectivity index (χ4v) is 5.25. The molecule has 0 radical (unpaired) electrons. The molecule has 0 saturated heterocycles. The van der Waals surface area contributed by atoms with Crippen molar-refractivity contribution in [3.63, 3.8) is 0 Å². The molecule has 4 aromatic rings. The zero-order chi connectivity index (χ0) is 16.7. The summed E-state index contributed by atoms with van der Waals surface area (Å²) in [5.41, 5.74) is 0.771. The van der Waals surface area contributed by atoms with Crippen molar-refractivity contribution >= 4 is 66.9 Å². The molecule has 0 unspecified atom stereocenters.